The lowest BCUT2D eigenvalue weighted by atomic mass is 10.0. The summed E-state index contributed by atoms with van der Waals surface area (Å²) in [6, 6.07) is 4.44. The molecule has 0 aliphatic rings. The summed E-state index contributed by atoms with van der Waals surface area (Å²) in [5.41, 5.74) is 6.48. The van der Waals surface area contributed by atoms with E-state index in [9.17, 15) is 4.39 Å². The van der Waals surface area contributed by atoms with Crippen LogP contribution in [0.15, 0.2) is 34.2 Å². The zero-order valence-corrected chi connectivity index (χ0v) is 10.8. The monoisotopic (exact) mass is 300 g/mol. The minimum absolute atomic E-state index is 0.271. The Balaban J connectivity index is 2.20. The molecule has 0 aliphatic carbocycles. The van der Waals surface area contributed by atoms with E-state index < -0.39 is 0 Å². The van der Waals surface area contributed by atoms with Crippen molar-refractivity contribution in [3.05, 3.63) is 50.6 Å². The number of nitrogens with two attached hydrogens (primary N) is 1. The lowest BCUT2D eigenvalue weighted by Crippen LogP contribution is -2.14. The van der Waals surface area contributed by atoms with Crippen LogP contribution in [-0.2, 0) is 6.42 Å². The Labute approximate surface area is 105 Å². The molecular weight excluding hydrogens is 291 g/mol. The van der Waals surface area contributed by atoms with Crippen LogP contribution in [0.3, 0.4) is 0 Å². The zero-order valence-electron chi connectivity index (χ0n) is 8.36. The van der Waals surface area contributed by atoms with Gasteiger partial charge in [-0.05, 0) is 18.2 Å². The van der Waals surface area contributed by atoms with E-state index in [1.54, 1.807) is 18.3 Å². The maximum absolute atomic E-state index is 13.5. The molecule has 1 atom stereocenters. The Morgan fingerprint density at radius 2 is 2.31 bits per heavy atom. The summed E-state index contributed by atoms with van der Waals surface area (Å²) in [6.07, 6.45) is 2.29. The maximum Gasteiger partial charge on any atom is 0.128 e. The normalized spacial score (nSPS) is 12.7. The number of halogens is 2. The molecule has 16 heavy (non-hydrogen) atoms. The first-order valence-electron chi connectivity index (χ1n) is 4.75. The molecule has 0 amide bonds. The topological polar surface area (TPSA) is 38.9 Å². The SMILES string of the molecule is NC(Cc1nccs1)c1cc(Br)ccc1F. The second-order valence-corrected chi connectivity index (χ2v) is 5.30. The molecule has 1 aromatic heterocycles. The van der Waals surface area contributed by atoms with Gasteiger partial charge in [-0.15, -0.1) is 11.3 Å². The Morgan fingerprint density at radius 1 is 1.50 bits per heavy atom. The summed E-state index contributed by atoms with van der Waals surface area (Å²) in [6.45, 7) is 0. The predicted molar refractivity (Wildman–Crippen MR) is 66.8 cm³/mol. The second kappa shape index (κ2) is 5.03. The molecule has 0 aliphatic heterocycles. The first kappa shape index (κ1) is 11.7. The van der Waals surface area contributed by atoms with Crippen molar-refractivity contribution in [1.29, 1.82) is 0 Å². The van der Waals surface area contributed by atoms with Gasteiger partial charge in [-0.1, -0.05) is 15.9 Å². The van der Waals surface area contributed by atoms with Crippen LogP contribution in [0.2, 0.25) is 0 Å². The molecule has 0 saturated carbocycles. The fourth-order valence-corrected chi connectivity index (χ4v) is 2.51. The third-order valence-electron chi connectivity index (χ3n) is 2.24. The van der Waals surface area contributed by atoms with E-state index >= 15 is 0 Å². The summed E-state index contributed by atoms with van der Waals surface area (Å²) in [4.78, 5) is 4.14. The van der Waals surface area contributed by atoms with Crippen LogP contribution in [0, 0.1) is 5.82 Å². The molecule has 0 saturated heterocycles. The summed E-state index contributed by atoms with van der Waals surface area (Å²) in [7, 11) is 0. The van der Waals surface area contributed by atoms with Gasteiger partial charge in [0, 0.05) is 34.1 Å². The Hall–Kier alpha value is -0.780. The first-order valence-corrected chi connectivity index (χ1v) is 6.43. The van der Waals surface area contributed by atoms with Crippen molar-refractivity contribution < 1.29 is 4.39 Å². The molecular formula is C11H10BrFN2S. The van der Waals surface area contributed by atoms with E-state index in [0.717, 1.165) is 9.48 Å². The average Bonchev–Trinajstić information content (AvgIpc) is 2.74. The van der Waals surface area contributed by atoms with Gasteiger partial charge in [0.15, 0.2) is 0 Å². The molecule has 0 fully saturated rings. The summed E-state index contributed by atoms with van der Waals surface area (Å²) in [5, 5.41) is 2.81. The number of hydrogen-bond acceptors (Lipinski definition) is 3. The Bertz CT molecular complexity index is 473. The minimum Gasteiger partial charge on any atom is -0.324 e. The van der Waals surface area contributed by atoms with Crippen molar-refractivity contribution in [1.82, 2.24) is 4.98 Å². The number of nitrogens with zero attached hydrogens (tertiary/aromatic N) is 1. The highest BCUT2D eigenvalue weighted by atomic mass is 79.9. The largest absolute Gasteiger partial charge is 0.324 e. The Morgan fingerprint density at radius 3 is 3.00 bits per heavy atom. The number of aromatic nitrogens is 1. The molecule has 0 spiro atoms. The van der Waals surface area contributed by atoms with Crippen LogP contribution in [0.4, 0.5) is 4.39 Å². The van der Waals surface area contributed by atoms with Gasteiger partial charge >= 0.3 is 0 Å². The first-order chi connectivity index (χ1) is 7.66. The summed E-state index contributed by atoms with van der Waals surface area (Å²) < 4.78 is 14.4. The smallest absolute Gasteiger partial charge is 0.128 e. The van der Waals surface area contributed by atoms with Gasteiger partial charge in [-0.3, -0.25) is 0 Å². The van der Waals surface area contributed by atoms with Gasteiger partial charge in [0.2, 0.25) is 0 Å². The van der Waals surface area contributed by atoms with Crippen LogP contribution in [0.1, 0.15) is 16.6 Å². The molecule has 0 radical (unpaired) electrons. The Kier molecular flexibility index (Phi) is 3.68. The van der Waals surface area contributed by atoms with Crippen LogP contribution in [-0.4, -0.2) is 4.98 Å². The second-order valence-electron chi connectivity index (χ2n) is 3.40. The fourth-order valence-electron chi connectivity index (χ4n) is 1.45. The minimum atomic E-state index is -0.358. The molecule has 5 heteroatoms. The number of thiazole rings is 1. The lowest BCUT2D eigenvalue weighted by Gasteiger charge is -2.11. The molecule has 1 unspecified atom stereocenters. The standard InChI is InChI=1S/C11H10BrFN2S/c12-7-1-2-9(13)8(5-7)10(14)6-11-15-3-4-16-11/h1-5,10H,6,14H2. The van der Waals surface area contributed by atoms with Crippen molar-refractivity contribution >= 4 is 27.3 Å². The number of hydrogen-bond donors (Lipinski definition) is 1. The summed E-state index contributed by atoms with van der Waals surface area (Å²) in [5.74, 6) is -0.271. The van der Waals surface area contributed by atoms with Gasteiger partial charge in [-0.2, -0.15) is 0 Å². The molecule has 2 N–H and O–H groups in total. The van der Waals surface area contributed by atoms with E-state index in [0.29, 0.717) is 12.0 Å². The average molecular weight is 301 g/mol. The lowest BCUT2D eigenvalue weighted by molar-refractivity contribution is 0.579. The molecule has 1 aromatic carbocycles. The molecule has 84 valence electrons. The summed E-state index contributed by atoms with van der Waals surface area (Å²) >= 11 is 4.84. The third kappa shape index (κ3) is 2.66. The van der Waals surface area contributed by atoms with Gasteiger partial charge in [0.1, 0.15) is 5.82 Å². The number of benzene rings is 1. The van der Waals surface area contributed by atoms with E-state index in [-0.39, 0.29) is 11.9 Å². The van der Waals surface area contributed by atoms with Gasteiger partial charge in [-0.25, -0.2) is 9.37 Å². The fraction of sp³-hybridized carbons (Fsp3) is 0.182. The quantitative estimate of drug-likeness (QED) is 0.945. The van der Waals surface area contributed by atoms with Crippen molar-refractivity contribution in [2.45, 2.75) is 12.5 Å². The van der Waals surface area contributed by atoms with Gasteiger partial charge in [0.25, 0.3) is 0 Å². The molecule has 2 nitrogen and oxygen atoms in total. The van der Waals surface area contributed by atoms with Crippen molar-refractivity contribution in [2.24, 2.45) is 5.73 Å². The van der Waals surface area contributed by atoms with Gasteiger partial charge in [0.05, 0.1) is 5.01 Å². The number of rotatable bonds is 3. The molecule has 0 bridgehead atoms. The van der Waals surface area contributed by atoms with Crippen LogP contribution in [0.25, 0.3) is 0 Å². The van der Waals surface area contributed by atoms with E-state index in [1.165, 1.54) is 17.4 Å². The zero-order chi connectivity index (χ0) is 11.5. The van der Waals surface area contributed by atoms with Crippen molar-refractivity contribution in [3.8, 4) is 0 Å². The third-order valence-corrected chi connectivity index (χ3v) is 3.53. The van der Waals surface area contributed by atoms with Gasteiger partial charge < -0.3 is 5.73 Å². The van der Waals surface area contributed by atoms with Crippen LogP contribution >= 0.6 is 27.3 Å². The van der Waals surface area contributed by atoms with Crippen molar-refractivity contribution in [2.75, 3.05) is 0 Å². The molecule has 2 rings (SSSR count). The van der Waals surface area contributed by atoms with E-state index in [4.69, 9.17) is 5.73 Å². The van der Waals surface area contributed by atoms with Crippen molar-refractivity contribution in [3.63, 3.8) is 0 Å². The molecule has 2 aromatic rings. The highest BCUT2D eigenvalue weighted by Gasteiger charge is 2.13. The maximum atomic E-state index is 13.5. The highest BCUT2D eigenvalue weighted by Crippen LogP contribution is 2.23. The van der Waals surface area contributed by atoms with Crippen LogP contribution in [0.5, 0.6) is 0 Å². The van der Waals surface area contributed by atoms with Crippen LogP contribution < -0.4 is 5.73 Å². The van der Waals surface area contributed by atoms with E-state index in [2.05, 4.69) is 20.9 Å². The molecule has 1 heterocycles. The predicted octanol–water partition coefficient (Wildman–Crippen LogP) is 3.29. The van der Waals surface area contributed by atoms with E-state index in [1.807, 2.05) is 5.38 Å². The highest BCUT2D eigenvalue weighted by molar-refractivity contribution is 9.10.